The first kappa shape index (κ1) is 27.6. The van der Waals surface area contributed by atoms with Gasteiger partial charge in [0.15, 0.2) is 0 Å². The molecule has 1 aromatic rings. The molecule has 0 saturated carbocycles. The number of aliphatic hydroxyl groups excluding tert-OH is 1. The molecule has 1 spiro atoms. The van der Waals surface area contributed by atoms with Crippen molar-refractivity contribution in [2.24, 2.45) is 17.3 Å². The fourth-order valence-corrected chi connectivity index (χ4v) is 7.19. The number of ether oxygens (including phenoxy) is 1. The van der Waals surface area contributed by atoms with Gasteiger partial charge in [-0.3, -0.25) is 14.4 Å². The minimum Gasteiger partial charge on any atom is -0.394 e. The minimum absolute atomic E-state index is 0.0226. The Kier molecular flexibility index (Phi) is 7.47. The average Bonchev–Trinajstić information content (AvgIpc) is 3.44. The molecule has 37 heavy (non-hydrogen) atoms. The van der Waals surface area contributed by atoms with Crippen LogP contribution in [-0.4, -0.2) is 64.2 Å². The first-order chi connectivity index (χ1) is 17.3. The quantitative estimate of drug-likeness (QED) is 0.471. The van der Waals surface area contributed by atoms with Crippen LogP contribution in [0.2, 0.25) is 0 Å². The molecule has 3 fully saturated rings. The van der Waals surface area contributed by atoms with Crippen molar-refractivity contribution >= 4 is 17.7 Å². The molecule has 3 aliphatic rings. The van der Waals surface area contributed by atoms with Crippen molar-refractivity contribution in [1.82, 2.24) is 15.5 Å². The van der Waals surface area contributed by atoms with E-state index in [1.807, 2.05) is 51.1 Å². The van der Waals surface area contributed by atoms with Gasteiger partial charge in [-0.05, 0) is 50.5 Å². The molecule has 4 rings (SSSR count). The van der Waals surface area contributed by atoms with Crippen molar-refractivity contribution in [1.29, 1.82) is 0 Å². The molecule has 0 radical (unpaired) electrons. The number of nitrogens with zero attached hydrogens (tertiary/aromatic N) is 1. The molecule has 3 saturated heterocycles. The van der Waals surface area contributed by atoms with Gasteiger partial charge in [0.2, 0.25) is 17.7 Å². The summed E-state index contributed by atoms with van der Waals surface area (Å²) in [6, 6.07) is 7.59. The number of hydrogen-bond donors (Lipinski definition) is 3. The Balaban J connectivity index is 1.76. The van der Waals surface area contributed by atoms with E-state index in [1.165, 1.54) is 4.90 Å². The summed E-state index contributed by atoms with van der Waals surface area (Å²) in [7, 11) is 0. The van der Waals surface area contributed by atoms with Crippen LogP contribution in [0.4, 0.5) is 0 Å². The highest BCUT2D eigenvalue weighted by atomic mass is 16.5. The minimum atomic E-state index is -1.10. The fraction of sp³-hybridized carbons (Fsp3) is 0.690. The van der Waals surface area contributed by atoms with Gasteiger partial charge in [0.05, 0.1) is 30.6 Å². The van der Waals surface area contributed by atoms with E-state index in [-0.39, 0.29) is 29.7 Å². The van der Waals surface area contributed by atoms with E-state index in [9.17, 15) is 19.5 Å². The topological polar surface area (TPSA) is 108 Å². The molecule has 0 aromatic heterocycles. The van der Waals surface area contributed by atoms with Crippen LogP contribution in [0.5, 0.6) is 0 Å². The lowest BCUT2D eigenvalue weighted by Gasteiger charge is -2.40. The Morgan fingerprint density at radius 1 is 1.16 bits per heavy atom. The van der Waals surface area contributed by atoms with Crippen molar-refractivity contribution in [3.8, 4) is 0 Å². The van der Waals surface area contributed by atoms with E-state index >= 15 is 0 Å². The second-order valence-corrected chi connectivity index (χ2v) is 12.8. The number of nitrogens with one attached hydrogen (secondary N) is 2. The first-order valence-corrected chi connectivity index (χ1v) is 13.6. The third kappa shape index (κ3) is 5.02. The lowest BCUT2D eigenvalue weighted by Crippen LogP contribution is -2.60. The van der Waals surface area contributed by atoms with Crippen molar-refractivity contribution < 1.29 is 24.2 Å². The molecule has 6 atom stereocenters. The van der Waals surface area contributed by atoms with E-state index in [0.29, 0.717) is 19.4 Å². The third-order valence-electron chi connectivity index (χ3n) is 7.97. The Morgan fingerprint density at radius 2 is 1.84 bits per heavy atom. The summed E-state index contributed by atoms with van der Waals surface area (Å²) in [6.07, 6.45) is 2.26. The molecule has 3 amide bonds. The molecule has 0 aliphatic carbocycles. The summed E-state index contributed by atoms with van der Waals surface area (Å²) < 4.78 is 6.51. The normalized spacial score (nSPS) is 29.8. The molecule has 8 heteroatoms. The number of carbonyl (C=O) groups is 3. The lowest BCUT2D eigenvalue weighted by atomic mass is 9.70. The van der Waals surface area contributed by atoms with Crippen molar-refractivity contribution in [3.63, 3.8) is 0 Å². The second kappa shape index (κ2) is 10.0. The zero-order valence-electron chi connectivity index (χ0n) is 23.0. The number of rotatable bonds is 9. The summed E-state index contributed by atoms with van der Waals surface area (Å²) in [4.78, 5) is 43.1. The maximum Gasteiger partial charge on any atom is 0.246 e. The molecule has 3 N–H and O–H groups in total. The number of likely N-dealkylation sites (tertiary alicyclic amines) is 1. The summed E-state index contributed by atoms with van der Waals surface area (Å²) in [5, 5.41) is 16.7. The van der Waals surface area contributed by atoms with Gasteiger partial charge < -0.3 is 25.4 Å². The number of carbonyl (C=O) groups excluding carboxylic acids is 3. The Morgan fingerprint density at radius 3 is 2.43 bits per heavy atom. The largest absolute Gasteiger partial charge is 0.394 e. The Bertz CT molecular complexity index is 1020. The lowest BCUT2D eigenvalue weighted by molar-refractivity contribution is -0.146. The van der Waals surface area contributed by atoms with Gasteiger partial charge in [-0.1, -0.05) is 58.0 Å². The van der Waals surface area contributed by atoms with Gasteiger partial charge in [-0.15, -0.1) is 0 Å². The van der Waals surface area contributed by atoms with Gasteiger partial charge in [0.1, 0.15) is 11.6 Å². The molecule has 2 unspecified atom stereocenters. The van der Waals surface area contributed by atoms with E-state index in [2.05, 4.69) is 31.4 Å². The van der Waals surface area contributed by atoms with Gasteiger partial charge >= 0.3 is 0 Å². The monoisotopic (exact) mass is 513 g/mol. The van der Waals surface area contributed by atoms with Gasteiger partial charge in [-0.2, -0.15) is 0 Å². The van der Waals surface area contributed by atoms with Crippen LogP contribution in [0.3, 0.4) is 0 Å². The molecule has 3 heterocycles. The summed E-state index contributed by atoms with van der Waals surface area (Å²) in [5.41, 5.74) is -0.914. The van der Waals surface area contributed by atoms with E-state index < -0.39 is 41.2 Å². The SMILES string of the molecule is CCCNC(=O)[C@@H]1[C@H]2C(=O)N([C@H](CO)c3ccccc3)C(C(=O)NC(C)(C)CC(C)(C)C)C23CC[C@H]1O3. The molecular formula is C29H43N3O5. The highest BCUT2D eigenvalue weighted by molar-refractivity contribution is 5.99. The zero-order chi connectivity index (χ0) is 27.2. The van der Waals surface area contributed by atoms with Gasteiger partial charge in [-0.25, -0.2) is 0 Å². The maximum atomic E-state index is 14.2. The number of amides is 3. The van der Waals surface area contributed by atoms with Crippen molar-refractivity contribution in [2.45, 2.75) is 96.6 Å². The predicted octanol–water partition coefficient (Wildman–Crippen LogP) is 2.95. The molecular weight excluding hydrogens is 470 g/mol. The predicted molar refractivity (Wildman–Crippen MR) is 140 cm³/mol. The van der Waals surface area contributed by atoms with Crippen LogP contribution in [0.25, 0.3) is 0 Å². The summed E-state index contributed by atoms with van der Waals surface area (Å²) in [6.45, 7) is 12.5. The highest BCUT2D eigenvalue weighted by Crippen LogP contribution is 2.59. The van der Waals surface area contributed by atoms with E-state index in [4.69, 9.17) is 4.74 Å². The van der Waals surface area contributed by atoms with Crippen LogP contribution < -0.4 is 10.6 Å². The zero-order valence-corrected chi connectivity index (χ0v) is 23.0. The van der Waals surface area contributed by atoms with Crippen LogP contribution in [0.1, 0.15) is 78.8 Å². The number of fused-ring (bicyclic) bond motifs is 1. The molecule has 1 aromatic carbocycles. The van der Waals surface area contributed by atoms with Crippen LogP contribution in [0, 0.1) is 17.3 Å². The second-order valence-electron chi connectivity index (χ2n) is 12.8. The van der Waals surface area contributed by atoms with Gasteiger partial charge in [0.25, 0.3) is 0 Å². The average molecular weight is 514 g/mol. The smallest absolute Gasteiger partial charge is 0.246 e. The van der Waals surface area contributed by atoms with E-state index in [0.717, 1.165) is 18.4 Å². The maximum absolute atomic E-state index is 14.2. The fourth-order valence-electron chi connectivity index (χ4n) is 7.19. The van der Waals surface area contributed by atoms with Crippen LogP contribution >= 0.6 is 0 Å². The van der Waals surface area contributed by atoms with Crippen molar-refractivity contribution in [2.75, 3.05) is 13.2 Å². The first-order valence-electron chi connectivity index (χ1n) is 13.6. The Hall–Kier alpha value is -2.45. The third-order valence-corrected chi connectivity index (χ3v) is 7.97. The highest BCUT2D eigenvalue weighted by Gasteiger charge is 2.75. The van der Waals surface area contributed by atoms with E-state index in [1.54, 1.807) is 0 Å². The van der Waals surface area contributed by atoms with Crippen molar-refractivity contribution in [3.05, 3.63) is 35.9 Å². The van der Waals surface area contributed by atoms with Crippen LogP contribution in [-0.2, 0) is 19.1 Å². The molecule has 8 nitrogen and oxygen atoms in total. The Labute approximate surface area is 220 Å². The summed E-state index contributed by atoms with van der Waals surface area (Å²) >= 11 is 0. The summed E-state index contributed by atoms with van der Waals surface area (Å²) in [5.74, 6) is -2.19. The number of hydrogen-bond acceptors (Lipinski definition) is 5. The molecule has 2 bridgehead atoms. The standard InChI is InChI=1S/C29H43N3O5/c1-7-15-30-24(34)21-20-13-14-29(37-20)22(21)26(36)32(19(16-33)18-11-9-8-10-12-18)23(29)25(35)31-28(5,6)17-27(2,3)4/h8-12,19-23,33H,7,13-17H2,1-6H3,(H,30,34)(H,31,35)/t19-,20-,21+,22+,23?,29?/m1/s1. The molecule has 3 aliphatic heterocycles. The van der Waals surface area contributed by atoms with Crippen LogP contribution in [0.15, 0.2) is 30.3 Å². The number of benzene rings is 1. The number of aliphatic hydroxyl groups is 1. The van der Waals surface area contributed by atoms with Gasteiger partial charge in [0, 0.05) is 12.1 Å². The molecule has 204 valence electrons.